The van der Waals surface area contributed by atoms with E-state index in [0.717, 1.165) is 23.7 Å². The number of anilines is 1. The molecule has 1 atom stereocenters. The number of hydroxylamine groups is 1. The van der Waals surface area contributed by atoms with Gasteiger partial charge in [0, 0.05) is 25.3 Å². The van der Waals surface area contributed by atoms with Crippen LogP contribution in [0.3, 0.4) is 0 Å². The zero-order chi connectivity index (χ0) is 27.6. The molecule has 1 aliphatic heterocycles. The molecule has 1 aromatic heterocycles. The predicted octanol–water partition coefficient (Wildman–Crippen LogP) is 4.95. The molecule has 2 fully saturated rings. The molecular weight excluding hydrogens is 523 g/mol. The molecule has 0 amide bonds. The van der Waals surface area contributed by atoms with Crippen molar-refractivity contribution >= 4 is 30.7 Å². The number of benzene rings is 1. The number of hydrogen-bond acceptors (Lipinski definition) is 7. The molecule has 1 N–H and O–H groups in total. The molecule has 206 valence electrons. The van der Waals surface area contributed by atoms with Crippen molar-refractivity contribution in [3.8, 4) is 5.75 Å². The first-order chi connectivity index (χ1) is 18.2. The SMILES string of the molecule is CCON(CC(F)=C1CCCN(c2c(F)cc3c(=O)c(C(=O)O)cn(C4CC4)c3c2OC)C1)[P+](=O)OCC. The fourth-order valence-corrected chi connectivity index (χ4v) is 5.51. The van der Waals surface area contributed by atoms with E-state index in [4.69, 9.17) is 14.1 Å². The second kappa shape index (κ2) is 11.9. The van der Waals surface area contributed by atoms with E-state index < -0.39 is 36.8 Å². The number of piperidine rings is 1. The number of fused-ring (bicyclic) bond motifs is 1. The van der Waals surface area contributed by atoms with Gasteiger partial charge >= 0.3 is 14.1 Å². The Morgan fingerprint density at radius 2 is 2.03 bits per heavy atom. The number of carboxylic acids is 1. The number of carbonyl (C=O) groups is 1. The number of carboxylic acid groups (broad SMARTS) is 1. The fraction of sp³-hybridized carbons (Fsp3) is 0.520. The first kappa shape index (κ1) is 28.1. The highest BCUT2D eigenvalue weighted by atomic mass is 31.1. The van der Waals surface area contributed by atoms with Crippen LogP contribution in [0.25, 0.3) is 10.9 Å². The van der Waals surface area contributed by atoms with Gasteiger partial charge in [-0.2, -0.15) is 0 Å². The molecule has 4 rings (SSSR count). The van der Waals surface area contributed by atoms with Crippen molar-refractivity contribution in [2.75, 3.05) is 44.9 Å². The third-order valence-electron chi connectivity index (χ3n) is 6.54. The van der Waals surface area contributed by atoms with Gasteiger partial charge in [0.15, 0.2) is 11.6 Å². The number of aromatic carboxylic acids is 1. The molecule has 2 aliphatic rings. The Bertz CT molecular complexity index is 1340. The summed E-state index contributed by atoms with van der Waals surface area (Å²) in [5.74, 6) is -2.61. The summed E-state index contributed by atoms with van der Waals surface area (Å²) in [6.07, 6.45) is 3.80. The molecular formula is C25H31F2N3O7P+. The number of hydrogen-bond donors (Lipinski definition) is 1. The summed E-state index contributed by atoms with van der Waals surface area (Å²) in [5.41, 5.74) is -0.452. The predicted molar refractivity (Wildman–Crippen MR) is 137 cm³/mol. The van der Waals surface area contributed by atoms with Crippen molar-refractivity contribution in [3.63, 3.8) is 0 Å². The summed E-state index contributed by atoms with van der Waals surface area (Å²) >= 11 is 0. The van der Waals surface area contributed by atoms with Crippen molar-refractivity contribution in [2.24, 2.45) is 0 Å². The maximum atomic E-state index is 15.6. The van der Waals surface area contributed by atoms with Gasteiger partial charge in [0.05, 0.1) is 29.5 Å². The van der Waals surface area contributed by atoms with Crippen molar-refractivity contribution in [2.45, 2.75) is 45.6 Å². The Balaban J connectivity index is 1.76. The summed E-state index contributed by atoms with van der Waals surface area (Å²) in [6, 6.07) is 1.01. The van der Waals surface area contributed by atoms with Crippen LogP contribution in [0.5, 0.6) is 5.75 Å². The number of rotatable bonds is 11. The first-order valence-corrected chi connectivity index (χ1v) is 13.6. The van der Waals surface area contributed by atoms with E-state index >= 15 is 8.78 Å². The van der Waals surface area contributed by atoms with Gasteiger partial charge in [0.2, 0.25) is 5.43 Å². The third-order valence-corrected chi connectivity index (χ3v) is 7.64. The lowest BCUT2D eigenvalue weighted by Crippen LogP contribution is -2.33. The van der Waals surface area contributed by atoms with E-state index in [1.807, 2.05) is 0 Å². The Hall–Kier alpha value is -2.92. The Kier molecular flexibility index (Phi) is 8.77. The van der Waals surface area contributed by atoms with Crippen LogP contribution >= 0.6 is 8.18 Å². The normalized spacial score (nSPS) is 17.7. The van der Waals surface area contributed by atoms with Crippen LogP contribution in [0.2, 0.25) is 0 Å². The minimum atomic E-state index is -2.39. The molecule has 1 aromatic carbocycles. The van der Waals surface area contributed by atoms with E-state index in [0.29, 0.717) is 30.5 Å². The third kappa shape index (κ3) is 5.58. The Labute approximate surface area is 219 Å². The molecule has 0 spiro atoms. The van der Waals surface area contributed by atoms with Crippen molar-refractivity contribution in [1.29, 1.82) is 0 Å². The van der Waals surface area contributed by atoms with Crippen molar-refractivity contribution in [1.82, 2.24) is 9.40 Å². The number of pyridine rings is 1. The van der Waals surface area contributed by atoms with Crippen LogP contribution in [0.15, 0.2) is 28.5 Å². The second-order valence-corrected chi connectivity index (χ2v) is 10.2. The zero-order valence-corrected chi connectivity index (χ0v) is 22.4. The van der Waals surface area contributed by atoms with Gasteiger partial charge in [0.1, 0.15) is 30.2 Å². The number of nitrogens with zero attached hydrogens (tertiary/aromatic N) is 3. The van der Waals surface area contributed by atoms with Gasteiger partial charge in [-0.3, -0.25) is 9.63 Å². The maximum Gasteiger partial charge on any atom is 0.642 e. The first-order valence-electron chi connectivity index (χ1n) is 12.5. The summed E-state index contributed by atoms with van der Waals surface area (Å²) in [5, 5.41) is 9.44. The van der Waals surface area contributed by atoms with Gasteiger partial charge in [0.25, 0.3) is 0 Å². The lowest BCUT2D eigenvalue weighted by molar-refractivity contribution is -0.0827. The molecule has 38 heavy (non-hydrogen) atoms. The van der Waals surface area contributed by atoms with Gasteiger partial charge in [-0.1, -0.05) is 0 Å². The topological polar surface area (TPSA) is 111 Å². The van der Waals surface area contributed by atoms with E-state index in [2.05, 4.69) is 0 Å². The summed E-state index contributed by atoms with van der Waals surface area (Å²) in [4.78, 5) is 32.5. The van der Waals surface area contributed by atoms with Crippen molar-refractivity contribution < 1.29 is 37.3 Å². The molecule has 0 bridgehead atoms. The van der Waals surface area contributed by atoms with Crippen LogP contribution in [-0.4, -0.2) is 60.4 Å². The van der Waals surface area contributed by atoms with Crippen LogP contribution in [-0.2, 0) is 13.9 Å². The number of methoxy groups -OCH3 is 1. The van der Waals surface area contributed by atoms with E-state index in [-0.39, 0.29) is 49.2 Å². The molecule has 13 heteroatoms. The quantitative estimate of drug-likeness (QED) is 0.305. The van der Waals surface area contributed by atoms with E-state index in [9.17, 15) is 19.3 Å². The van der Waals surface area contributed by atoms with Crippen LogP contribution in [0.1, 0.15) is 55.9 Å². The standard InChI is InChI=1S/C25H30F2N3O7P/c1-4-36-30(38(34)37-5-2)14-20(27)15-7-6-10-28(12-15)22-19(26)11-17-21(24(22)35-3)29(16-8-9-16)13-18(23(17)31)25(32)33/h11,13,16H,4-10,12,14H2,1-3H3/p+1. The number of ether oxygens (including phenoxy) is 1. The Morgan fingerprint density at radius 1 is 1.29 bits per heavy atom. The molecule has 2 aromatic rings. The molecule has 1 aliphatic carbocycles. The van der Waals surface area contributed by atoms with Gasteiger partial charge in [-0.15, -0.1) is 4.52 Å². The molecule has 1 saturated heterocycles. The van der Waals surface area contributed by atoms with Crippen molar-refractivity contribution in [3.05, 3.63) is 45.3 Å². The highest BCUT2D eigenvalue weighted by Crippen LogP contribution is 2.44. The van der Waals surface area contributed by atoms with E-state index in [1.165, 1.54) is 13.3 Å². The van der Waals surface area contributed by atoms with Gasteiger partial charge in [-0.05, 0) is 55.7 Å². The van der Waals surface area contributed by atoms with Crippen LogP contribution in [0.4, 0.5) is 14.5 Å². The minimum absolute atomic E-state index is 0.0328. The molecule has 0 radical (unpaired) electrons. The number of halogens is 2. The summed E-state index contributed by atoms with van der Waals surface area (Å²) in [6.45, 7) is 3.76. The largest absolute Gasteiger partial charge is 0.642 e. The molecule has 1 saturated carbocycles. The monoisotopic (exact) mass is 554 g/mol. The fourth-order valence-electron chi connectivity index (χ4n) is 4.71. The smallest absolute Gasteiger partial charge is 0.492 e. The van der Waals surface area contributed by atoms with Crippen LogP contribution in [0, 0.1) is 5.82 Å². The second-order valence-electron chi connectivity index (χ2n) is 9.07. The minimum Gasteiger partial charge on any atom is -0.492 e. The maximum absolute atomic E-state index is 15.6. The zero-order valence-electron chi connectivity index (χ0n) is 21.5. The molecule has 2 heterocycles. The molecule has 10 nitrogen and oxygen atoms in total. The average Bonchev–Trinajstić information content (AvgIpc) is 3.73. The van der Waals surface area contributed by atoms with Crippen LogP contribution < -0.4 is 15.1 Å². The average molecular weight is 555 g/mol. The number of aromatic nitrogens is 1. The lowest BCUT2D eigenvalue weighted by Gasteiger charge is -2.33. The molecule has 1 unspecified atom stereocenters. The van der Waals surface area contributed by atoms with Gasteiger partial charge in [-0.25, -0.2) is 13.6 Å². The van der Waals surface area contributed by atoms with Gasteiger partial charge < -0.3 is 19.3 Å². The van der Waals surface area contributed by atoms with E-state index in [1.54, 1.807) is 23.3 Å². The highest BCUT2D eigenvalue weighted by Gasteiger charge is 2.35. The highest BCUT2D eigenvalue weighted by molar-refractivity contribution is 7.36. The summed E-state index contributed by atoms with van der Waals surface area (Å²) in [7, 11) is -1.03. The summed E-state index contributed by atoms with van der Waals surface area (Å²) < 4.78 is 55.6. The Morgan fingerprint density at radius 3 is 2.63 bits per heavy atom. The lowest BCUT2D eigenvalue weighted by atomic mass is 10.0.